The van der Waals surface area contributed by atoms with E-state index in [-0.39, 0.29) is 17.2 Å². The Morgan fingerprint density at radius 1 is 0.971 bits per heavy atom. The number of hydrogen-bond donors (Lipinski definition) is 0. The maximum absolute atomic E-state index is 13.3. The zero-order chi connectivity index (χ0) is 23.7. The molecule has 0 unspecified atom stereocenters. The number of rotatable bonds is 4. The first-order valence-corrected chi connectivity index (χ1v) is 11.8. The van der Waals surface area contributed by atoms with Gasteiger partial charge in [-0.05, 0) is 55.5 Å². The summed E-state index contributed by atoms with van der Waals surface area (Å²) in [4.78, 5) is 31.9. The summed E-state index contributed by atoms with van der Waals surface area (Å²) in [6, 6.07) is 21.7. The number of halogens is 1. The van der Waals surface area contributed by atoms with Gasteiger partial charge in [0.15, 0.2) is 11.0 Å². The van der Waals surface area contributed by atoms with Gasteiger partial charge < -0.3 is 0 Å². The van der Waals surface area contributed by atoms with Crippen molar-refractivity contribution in [3.05, 3.63) is 99.6 Å². The van der Waals surface area contributed by atoms with Gasteiger partial charge in [0.05, 0.1) is 34.2 Å². The molecule has 7 nitrogen and oxygen atoms in total. The van der Waals surface area contributed by atoms with E-state index in [1.807, 2.05) is 37.3 Å². The van der Waals surface area contributed by atoms with Crippen LogP contribution in [0, 0.1) is 6.92 Å². The number of amidine groups is 1. The lowest BCUT2D eigenvalue weighted by molar-refractivity contribution is -0.115. The van der Waals surface area contributed by atoms with Crippen molar-refractivity contribution < 1.29 is 4.79 Å². The Bertz CT molecular complexity index is 1510. The molecule has 0 spiro atoms. The Kier molecular flexibility index (Phi) is 6.00. The number of hydrogen-bond acceptors (Lipinski definition) is 6. The lowest BCUT2D eigenvalue weighted by Crippen LogP contribution is -2.29. The van der Waals surface area contributed by atoms with E-state index in [0.29, 0.717) is 32.6 Å². The van der Waals surface area contributed by atoms with Gasteiger partial charge in [-0.3, -0.25) is 19.1 Å². The standard InChI is InChI=1S/C25H18ClN5O2S/c1-16-6-10-19(11-7-16)31-23(32)15-34-25(31)29-27-14-22-28-21-5-3-2-4-20(21)24(33)30(22)18-12-8-17(26)9-13-18/h2-14H,15H2,1H3/b27-14+,29-25-. The van der Waals surface area contributed by atoms with Crippen molar-refractivity contribution in [2.75, 3.05) is 10.7 Å². The van der Waals surface area contributed by atoms with Crippen LogP contribution in [0.3, 0.4) is 0 Å². The molecule has 1 aliphatic rings. The number of fused-ring (bicyclic) bond motifs is 1. The molecule has 1 aliphatic heterocycles. The monoisotopic (exact) mass is 487 g/mol. The van der Waals surface area contributed by atoms with Gasteiger partial charge >= 0.3 is 0 Å². The van der Waals surface area contributed by atoms with Crippen LogP contribution < -0.4 is 10.5 Å². The van der Waals surface area contributed by atoms with Crippen LogP contribution in [-0.4, -0.2) is 32.6 Å². The van der Waals surface area contributed by atoms with E-state index < -0.39 is 0 Å². The topological polar surface area (TPSA) is 79.9 Å². The Morgan fingerprint density at radius 2 is 1.68 bits per heavy atom. The number of aryl methyl sites for hydroxylation is 1. The summed E-state index contributed by atoms with van der Waals surface area (Å²) in [6.07, 6.45) is 1.42. The van der Waals surface area contributed by atoms with Crippen LogP contribution in [0.4, 0.5) is 5.69 Å². The van der Waals surface area contributed by atoms with E-state index in [2.05, 4.69) is 15.2 Å². The number of carbonyl (C=O) groups excluding carboxylic acids is 1. The normalized spacial score (nSPS) is 15.2. The Morgan fingerprint density at radius 3 is 2.44 bits per heavy atom. The summed E-state index contributed by atoms with van der Waals surface area (Å²) in [5, 5.41) is 10.0. The molecule has 1 amide bonds. The number of nitrogens with zero attached hydrogens (tertiary/aromatic N) is 5. The predicted octanol–water partition coefficient (Wildman–Crippen LogP) is 4.82. The molecular formula is C25H18ClN5O2S. The van der Waals surface area contributed by atoms with Gasteiger partial charge in [0.2, 0.25) is 5.91 Å². The smallest absolute Gasteiger partial charge is 0.266 e. The number of para-hydroxylation sites is 1. The van der Waals surface area contributed by atoms with Crippen LogP contribution in [0.5, 0.6) is 0 Å². The van der Waals surface area contributed by atoms with Crippen LogP contribution in [0.15, 0.2) is 87.8 Å². The third-order valence-corrected chi connectivity index (χ3v) is 6.43. The number of anilines is 1. The molecule has 3 aromatic carbocycles. The van der Waals surface area contributed by atoms with Crippen LogP contribution in [0.2, 0.25) is 5.02 Å². The van der Waals surface area contributed by atoms with Gasteiger partial charge in [-0.25, -0.2) is 4.98 Å². The van der Waals surface area contributed by atoms with Crippen LogP contribution >= 0.6 is 23.4 Å². The van der Waals surface area contributed by atoms with E-state index in [1.54, 1.807) is 47.4 Å². The van der Waals surface area contributed by atoms with Gasteiger partial charge in [-0.15, -0.1) is 5.10 Å². The highest BCUT2D eigenvalue weighted by Crippen LogP contribution is 2.27. The number of aromatic nitrogens is 2. The largest absolute Gasteiger partial charge is 0.273 e. The first-order valence-electron chi connectivity index (χ1n) is 10.4. The lowest BCUT2D eigenvalue weighted by atomic mass is 10.2. The van der Waals surface area contributed by atoms with E-state index >= 15 is 0 Å². The van der Waals surface area contributed by atoms with Crippen molar-refractivity contribution in [3.8, 4) is 5.69 Å². The summed E-state index contributed by atoms with van der Waals surface area (Å²) in [7, 11) is 0. The van der Waals surface area contributed by atoms with Crippen LogP contribution in [0.25, 0.3) is 16.6 Å². The minimum absolute atomic E-state index is 0.0651. The van der Waals surface area contributed by atoms with Gasteiger partial charge in [0, 0.05) is 5.02 Å². The summed E-state index contributed by atoms with van der Waals surface area (Å²) >= 11 is 7.34. The fraction of sp³-hybridized carbons (Fsp3) is 0.0800. The first kappa shape index (κ1) is 22.1. The summed E-state index contributed by atoms with van der Waals surface area (Å²) in [5.41, 5.74) is 2.76. The molecule has 2 heterocycles. The third-order valence-electron chi connectivity index (χ3n) is 5.26. The highest BCUT2D eigenvalue weighted by Gasteiger charge is 2.29. The van der Waals surface area contributed by atoms with Crippen molar-refractivity contribution >= 4 is 57.2 Å². The van der Waals surface area contributed by atoms with Crippen LogP contribution in [-0.2, 0) is 4.79 Å². The van der Waals surface area contributed by atoms with Crippen molar-refractivity contribution in [1.29, 1.82) is 0 Å². The summed E-state index contributed by atoms with van der Waals surface area (Å²) in [5.74, 6) is 0.530. The predicted molar refractivity (Wildman–Crippen MR) is 139 cm³/mol. The Hall–Kier alpha value is -3.75. The number of carbonyl (C=O) groups is 1. The molecule has 0 aliphatic carbocycles. The maximum Gasteiger partial charge on any atom is 0.266 e. The molecule has 1 fully saturated rings. The van der Waals surface area contributed by atoms with Crippen molar-refractivity contribution in [2.45, 2.75) is 6.92 Å². The molecule has 0 N–H and O–H groups in total. The zero-order valence-corrected chi connectivity index (χ0v) is 19.6. The van der Waals surface area contributed by atoms with E-state index in [0.717, 1.165) is 11.3 Å². The zero-order valence-electron chi connectivity index (χ0n) is 18.1. The second-order valence-electron chi connectivity index (χ2n) is 7.58. The number of amides is 1. The highest BCUT2D eigenvalue weighted by atomic mass is 35.5. The van der Waals surface area contributed by atoms with Crippen molar-refractivity contribution in [3.63, 3.8) is 0 Å². The molecule has 4 aromatic rings. The molecule has 0 saturated carbocycles. The Labute approximate surface area is 204 Å². The molecule has 1 aromatic heterocycles. The van der Waals surface area contributed by atoms with Gasteiger partial charge in [0.25, 0.3) is 5.56 Å². The van der Waals surface area contributed by atoms with Crippen molar-refractivity contribution in [2.24, 2.45) is 10.2 Å². The average Bonchev–Trinajstić information content (AvgIpc) is 3.21. The van der Waals surface area contributed by atoms with Gasteiger partial charge in [0.1, 0.15) is 0 Å². The fourth-order valence-corrected chi connectivity index (χ4v) is 4.54. The van der Waals surface area contributed by atoms with E-state index in [9.17, 15) is 9.59 Å². The molecule has 9 heteroatoms. The minimum atomic E-state index is -0.228. The first-order chi connectivity index (χ1) is 16.5. The number of thioether (sulfide) groups is 1. The molecule has 1 saturated heterocycles. The second-order valence-corrected chi connectivity index (χ2v) is 8.96. The molecule has 0 bridgehead atoms. The molecule has 5 rings (SSSR count). The molecule has 168 valence electrons. The molecule has 0 radical (unpaired) electrons. The average molecular weight is 488 g/mol. The second kappa shape index (κ2) is 9.24. The van der Waals surface area contributed by atoms with Crippen LogP contribution in [0.1, 0.15) is 11.4 Å². The maximum atomic E-state index is 13.3. The Balaban J connectivity index is 1.57. The van der Waals surface area contributed by atoms with E-state index in [1.165, 1.54) is 22.5 Å². The minimum Gasteiger partial charge on any atom is -0.273 e. The SMILES string of the molecule is Cc1ccc(N2C(=O)CS/C2=N\N=C\c2nc3ccccc3c(=O)n2-c2ccc(Cl)cc2)cc1. The van der Waals surface area contributed by atoms with Gasteiger partial charge in [-0.2, -0.15) is 5.10 Å². The van der Waals surface area contributed by atoms with Gasteiger partial charge in [-0.1, -0.05) is 53.2 Å². The molecule has 0 atom stereocenters. The quantitative estimate of drug-likeness (QED) is 0.305. The van der Waals surface area contributed by atoms with Crippen molar-refractivity contribution in [1.82, 2.24) is 9.55 Å². The third kappa shape index (κ3) is 4.25. The number of benzene rings is 3. The highest BCUT2D eigenvalue weighted by molar-refractivity contribution is 8.15. The summed E-state index contributed by atoms with van der Waals surface area (Å²) < 4.78 is 1.47. The van der Waals surface area contributed by atoms with E-state index in [4.69, 9.17) is 11.6 Å². The fourth-order valence-electron chi connectivity index (χ4n) is 3.59. The summed E-state index contributed by atoms with van der Waals surface area (Å²) in [6.45, 7) is 1.99. The lowest BCUT2D eigenvalue weighted by Gasteiger charge is -2.15. The molecular weight excluding hydrogens is 470 g/mol. The molecule has 34 heavy (non-hydrogen) atoms.